The molecule has 2 amide bonds. The Labute approximate surface area is 163 Å². The highest BCUT2D eigenvalue weighted by atomic mass is 16.2. The monoisotopic (exact) mass is 380 g/mol. The molecule has 8 heteroatoms. The van der Waals surface area contributed by atoms with Gasteiger partial charge in [-0.25, -0.2) is 9.50 Å². The highest BCUT2D eigenvalue weighted by molar-refractivity contribution is 5.93. The van der Waals surface area contributed by atoms with Crippen molar-refractivity contribution in [2.75, 3.05) is 10.6 Å². The topological polar surface area (TPSA) is 101 Å². The number of carbonyl (C=O) groups excluding carboxylic acids is 2. The molecular weight excluding hydrogens is 356 g/mol. The van der Waals surface area contributed by atoms with Gasteiger partial charge in [0.05, 0.1) is 0 Å². The second-order valence-corrected chi connectivity index (χ2v) is 7.00. The Balaban J connectivity index is 1.60. The van der Waals surface area contributed by atoms with E-state index in [4.69, 9.17) is 0 Å². The summed E-state index contributed by atoms with van der Waals surface area (Å²) in [6, 6.07) is 7.08. The first-order valence-electron chi connectivity index (χ1n) is 9.21. The van der Waals surface area contributed by atoms with E-state index >= 15 is 0 Å². The van der Waals surface area contributed by atoms with Crippen LogP contribution in [0.4, 0.5) is 11.4 Å². The fourth-order valence-corrected chi connectivity index (χ4v) is 2.90. The molecule has 28 heavy (non-hydrogen) atoms. The molecule has 3 aromatic rings. The quantitative estimate of drug-likeness (QED) is 0.685. The lowest BCUT2D eigenvalue weighted by Crippen LogP contribution is -2.17. The standard InChI is InChI=1S/C20H24N6O2/c1-12(2)19(28)25-16-7-5-15(6-8-16)24-18(27)10-9-17-13(3)23-20-21-11-22-26(20)14(17)4/h5-8,11-12H,9-10H2,1-4H3,(H,24,27)(H,25,28). The Bertz CT molecular complexity index is 1010. The summed E-state index contributed by atoms with van der Waals surface area (Å²) in [5.74, 6) is 0.349. The average Bonchev–Trinajstić information content (AvgIpc) is 3.11. The van der Waals surface area contributed by atoms with Gasteiger partial charge in [0.1, 0.15) is 6.33 Å². The smallest absolute Gasteiger partial charge is 0.252 e. The number of hydrogen-bond acceptors (Lipinski definition) is 5. The van der Waals surface area contributed by atoms with Gasteiger partial charge in [-0.1, -0.05) is 13.8 Å². The SMILES string of the molecule is Cc1nc2ncnn2c(C)c1CCC(=O)Nc1ccc(NC(=O)C(C)C)cc1. The van der Waals surface area contributed by atoms with Gasteiger partial charge < -0.3 is 10.6 Å². The number of nitrogens with one attached hydrogen (secondary N) is 2. The third-order valence-corrected chi connectivity index (χ3v) is 4.55. The Morgan fingerprint density at radius 3 is 2.36 bits per heavy atom. The molecular formula is C20H24N6O2. The number of carbonyl (C=O) groups is 2. The van der Waals surface area contributed by atoms with Crippen LogP contribution in [0.3, 0.4) is 0 Å². The van der Waals surface area contributed by atoms with Crippen molar-refractivity contribution < 1.29 is 9.59 Å². The molecule has 2 heterocycles. The zero-order valence-electron chi connectivity index (χ0n) is 16.5. The van der Waals surface area contributed by atoms with Gasteiger partial charge in [-0.05, 0) is 50.1 Å². The molecule has 0 radical (unpaired) electrons. The molecule has 0 fully saturated rings. The zero-order chi connectivity index (χ0) is 20.3. The summed E-state index contributed by atoms with van der Waals surface area (Å²) in [5, 5.41) is 9.87. The molecule has 0 aliphatic rings. The summed E-state index contributed by atoms with van der Waals surface area (Å²) in [5.41, 5.74) is 4.19. The number of benzene rings is 1. The van der Waals surface area contributed by atoms with Crippen molar-refractivity contribution in [3.05, 3.63) is 47.5 Å². The predicted octanol–water partition coefficient (Wildman–Crippen LogP) is 2.91. The number of aryl methyl sites for hydroxylation is 2. The fourth-order valence-electron chi connectivity index (χ4n) is 2.90. The van der Waals surface area contributed by atoms with Crippen molar-refractivity contribution in [2.45, 2.75) is 40.5 Å². The Morgan fingerprint density at radius 2 is 1.71 bits per heavy atom. The van der Waals surface area contributed by atoms with Crippen LogP contribution in [0.15, 0.2) is 30.6 Å². The molecule has 0 aliphatic carbocycles. The van der Waals surface area contributed by atoms with Crippen molar-refractivity contribution >= 4 is 29.0 Å². The summed E-state index contributed by atoms with van der Waals surface area (Å²) in [6.07, 6.45) is 2.36. The first-order chi connectivity index (χ1) is 13.3. The summed E-state index contributed by atoms with van der Waals surface area (Å²) in [6.45, 7) is 7.54. The predicted molar refractivity (Wildman–Crippen MR) is 107 cm³/mol. The normalized spacial score (nSPS) is 11.0. The van der Waals surface area contributed by atoms with Gasteiger partial charge in [0.2, 0.25) is 11.8 Å². The molecule has 8 nitrogen and oxygen atoms in total. The van der Waals surface area contributed by atoms with E-state index in [-0.39, 0.29) is 17.7 Å². The van der Waals surface area contributed by atoms with Crippen LogP contribution in [0.1, 0.15) is 37.2 Å². The molecule has 0 aliphatic heterocycles. The lowest BCUT2D eigenvalue weighted by molar-refractivity contribution is -0.119. The van der Waals surface area contributed by atoms with Gasteiger partial charge in [0.15, 0.2) is 0 Å². The lowest BCUT2D eigenvalue weighted by Gasteiger charge is -2.11. The maximum absolute atomic E-state index is 12.3. The summed E-state index contributed by atoms with van der Waals surface area (Å²) in [7, 11) is 0. The van der Waals surface area contributed by atoms with Crippen molar-refractivity contribution in [1.82, 2.24) is 19.6 Å². The van der Waals surface area contributed by atoms with Crippen LogP contribution in [0, 0.1) is 19.8 Å². The van der Waals surface area contributed by atoms with E-state index in [0.29, 0.717) is 30.0 Å². The average molecular weight is 380 g/mol. The fraction of sp³-hybridized carbons (Fsp3) is 0.350. The molecule has 0 saturated carbocycles. The number of fused-ring (bicyclic) bond motifs is 1. The highest BCUT2D eigenvalue weighted by Crippen LogP contribution is 2.17. The van der Waals surface area contributed by atoms with Gasteiger partial charge in [-0.2, -0.15) is 10.1 Å². The maximum Gasteiger partial charge on any atom is 0.252 e. The van der Waals surface area contributed by atoms with Crippen molar-refractivity contribution in [3.63, 3.8) is 0 Å². The van der Waals surface area contributed by atoms with Crippen molar-refractivity contribution in [2.24, 2.45) is 5.92 Å². The first-order valence-corrected chi connectivity index (χ1v) is 9.21. The number of anilines is 2. The lowest BCUT2D eigenvalue weighted by atomic mass is 10.1. The third-order valence-electron chi connectivity index (χ3n) is 4.55. The van der Waals surface area contributed by atoms with E-state index < -0.39 is 0 Å². The Morgan fingerprint density at radius 1 is 1.07 bits per heavy atom. The molecule has 0 atom stereocenters. The maximum atomic E-state index is 12.3. The van der Waals surface area contributed by atoms with E-state index in [1.165, 1.54) is 6.33 Å². The Kier molecular flexibility index (Phi) is 5.67. The molecule has 0 unspecified atom stereocenters. The number of rotatable bonds is 6. The largest absolute Gasteiger partial charge is 0.326 e. The zero-order valence-corrected chi connectivity index (χ0v) is 16.5. The van der Waals surface area contributed by atoms with E-state index in [0.717, 1.165) is 17.0 Å². The van der Waals surface area contributed by atoms with Gasteiger partial charge in [0.25, 0.3) is 5.78 Å². The number of aromatic nitrogens is 4. The number of nitrogens with zero attached hydrogens (tertiary/aromatic N) is 4. The second kappa shape index (κ2) is 8.16. The minimum Gasteiger partial charge on any atom is -0.326 e. The minimum absolute atomic E-state index is 0.0412. The summed E-state index contributed by atoms with van der Waals surface area (Å²) < 4.78 is 1.68. The molecule has 3 rings (SSSR count). The van der Waals surface area contributed by atoms with Crippen LogP contribution in [0.25, 0.3) is 5.78 Å². The van der Waals surface area contributed by atoms with Crippen LogP contribution in [-0.4, -0.2) is 31.4 Å². The number of amides is 2. The van der Waals surface area contributed by atoms with E-state index in [2.05, 4.69) is 25.7 Å². The van der Waals surface area contributed by atoms with Crippen LogP contribution < -0.4 is 10.6 Å². The van der Waals surface area contributed by atoms with Crippen molar-refractivity contribution in [1.29, 1.82) is 0 Å². The Hall–Kier alpha value is -3.29. The van der Waals surface area contributed by atoms with E-state index in [1.807, 2.05) is 27.7 Å². The molecule has 2 N–H and O–H groups in total. The van der Waals surface area contributed by atoms with Gasteiger partial charge in [0, 0.05) is 35.1 Å². The molecule has 1 aromatic carbocycles. The van der Waals surface area contributed by atoms with Gasteiger partial charge in [-0.15, -0.1) is 0 Å². The third kappa shape index (κ3) is 4.33. The highest BCUT2D eigenvalue weighted by Gasteiger charge is 2.13. The number of hydrogen-bond donors (Lipinski definition) is 2. The van der Waals surface area contributed by atoms with E-state index in [1.54, 1.807) is 28.8 Å². The first kappa shape index (κ1) is 19.5. The molecule has 0 bridgehead atoms. The van der Waals surface area contributed by atoms with Crippen LogP contribution in [-0.2, 0) is 16.0 Å². The minimum atomic E-state index is -0.0866. The molecule has 2 aromatic heterocycles. The van der Waals surface area contributed by atoms with E-state index in [9.17, 15) is 9.59 Å². The molecule has 0 saturated heterocycles. The molecule has 0 spiro atoms. The van der Waals surface area contributed by atoms with Crippen LogP contribution in [0.5, 0.6) is 0 Å². The van der Waals surface area contributed by atoms with Gasteiger partial charge in [-0.3, -0.25) is 9.59 Å². The van der Waals surface area contributed by atoms with Crippen LogP contribution >= 0.6 is 0 Å². The van der Waals surface area contributed by atoms with Gasteiger partial charge >= 0.3 is 0 Å². The molecule has 146 valence electrons. The second-order valence-electron chi connectivity index (χ2n) is 7.00. The summed E-state index contributed by atoms with van der Waals surface area (Å²) >= 11 is 0. The van der Waals surface area contributed by atoms with Crippen molar-refractivity contribution in [3.8, 4) is 0 Å². The summed E-state index contributed by atoms with van der Waals surface area (Å²) in [4.78, 5) is 32.6. The van der Waals surface area contributed by atoms with Crippen LogP contribution in [0.2, 0.25) is 0 Å².